The molecule has 1 fully saturated rings. The quantitative estimate of drug-likeness (QED) is 0.539. The van der Waals surface area contributed by atoms with Crippen LogP contribution in [0.2, 0.25) is 0 Å². The molecule has 3 aromatic rings. The number of carbonyl (C=O) groups excluding carboxylic acids is 2. The van der Waals surface area contributed by atoms with Crippen molar-refractivity contribution in [3.63, 3.8) is 0 Å². The van der Waals surface area contributed by atoms with Gasteiger partial charge in [-0.05, 0) is 30.2 Å². The molecule has 4 heteroatoms. The van der Waals surface area contributed by atoms with E-state index in [4.69, 9.17) is 0 Å². The van der Waals surface area contributed by atoms with Gasteiger partial charge in [-0.1, -0.05) is 78.9 Å². The Labute approximate surface area is 164 Å². The number of β-lactam (4-membered cyclic amide) rings is 1. The lowest BCUT2D eigenvalue weighted by Crippen LogP contribution is -2.60. The molecule has 2 amide bonds. The molecule has 1 heterocycles. The van der Waals surface area contributed by atoms with Crippen molar-refractivity contribution in [1.29, 1.82) is 0 Å². The van der Waals surface area contributed by atoms with Crippen LogP contribution in [0, 0.1) is 5.92 Å². The topological polar surface area (TPSA) is 49.4 Å². The summed E-state index contributed by atoms with van der Waals surface area (Å²) in [6, 6.07) is 28.5. The first-order valence-corrected chi connectivity index (χ1v) is 9.45. The van der Waals surface area contributed by atoms with E-state index < -0.39 is 5.92 Å². The van der Waals surface area contributed by atoms with Crippen LogP contribution >= 0.6 is 0 Å². The fourth-order valence-electron chi connectivity index (χ4n) is 3.74. The molecule has 0 unspecified atom stereocenters. The Kier molecular flexibility index (Phi) is 4.94. The highest BCUT2D eigenvalue weighted by Gasteiger charge is 2.53. The Morgan fingerprint density at radius 3 is 2.00 bits per heavy atom. The molecular weight excluding hydrogens is 348 g/mol. The van der Waals surface area contributed by atoms with Crippen LogP contribution in [0.4, 0.5) is 5.69 Å². The maximum atomic E-state index is 13.0. The molecule has 3 atom stereocenters. The van der Waals surface area contributed by atoms with Crippen molar-refractivity contribution in [3.8, 4) is 0 Å². The van der Waals surface area contributed by atoms with Crippen molar-refractivity contribution >= 4 is 17.5 Å². The third-order valence-electron chi connectivity index (χ3n) is 5.21. The average Bonchev–Trinajstić information content (AvgIpc) is 2.74. The number of hydrogen-bond acceptors (Lipinski definition) is 2. The summed E-state index contributed by atoms with van der Waals surface area (Å²) in [6.07, 6.45) is 0. The molecule has 3 aromatic carbocycles. The number of anilines is 1. The number of benzene rings is 3. The number of rotatable bonds is 5. The lowest BCUT2D eigenvalue weighted by atomic mass is 9.81. The summed E-state index contributed by atoms with van der Waals surface area (Å²) in [5.74, 6) is -1.13. The first-order valence-electron chi connectivity index (χ1n) is 9.45. The summed E-state index contributed by atoms with van der Waals surface area (Å²) >= 11 is 0. The van der Waals surface area contributed by atoms with Gasteiger partial charge in [0, 0.05) is 5.69 Å². The molecule has 28 heavy (non-hydrogen) atoms. The Morgan fingerprint density at radius 2 is 1.39 bits per heavy atom. The molecule has 0 aromatic heterocycles. The molecule has 0 bridgehead atoms. The van der Waals surface area contributed by atoms with Gasteiger partial charge in [0.2, 0.25) is 11.8 Å². The summed E-state index contributed by atoms with van der Waals surface area (Å²) in [5.41, 5.74) is 2.78. The zero-order valence-electron chi connectivity index (χ0n) is 15.7. The van der Waals surface area contributed by atoms with Crippen LogP contribution in [0.1, 0.15) is 30.1 Å². The Balaban J connectivity index is 1.60. The first-order chi connectivity index (χ1) is 13.7. The molecule has 4 nitrogen and oxygen atoms in total. The van der Waals surface area contributed by atoms with Crippen molar-refractivity contribution in [2.75, 3.05) is 4.90 Å². The molecule has 1 aliphatic rings. The van der Waals surface area contributed by atoms with Gasteiger partial charge < -0.3 is 10.2 Å². The fourth-order valence-corrected chi connectivity index (χ4v) is 3.74. The van der Waals surface area contributed by atoms with Gasteiger partial charge in [-0.3, -0.25) is 9.59 Å². The zero-order valence-corrected chi connectivity index (χ0v) is 15.7. The largest absolute Gasteiger partial charge is 0.349 e. The van der Waals surface area contributed by atoms with E-state index in [1.807, 2.05) is 97.9 Å². The molecule has 4 rings (SSSR count). The fraction of sp³-hybridized carbons (Fsp3) is 0.167. The second-order valence-electron chi connectivity index (χ2n) is 7.02. The van der Waals surface area contributed by atoms with Crippen molar-refractivity contribution in [2.24, 2.45) is 5.92 Å². The van der Waals surface area contributed by atoms with Gasteiger partial charge in [0.1, 0.15) is 5.92 Å². The number of para-hydroxylation sites is 1. The maximum Gasteiger partial charge on any atom is 0.242 e. The third-order valence-corrected chi connectivity index (χ3v) is 5.21. The van der Waals surface area contributed by atoms with Gasteiger partial charge in [-0.2, -0.15) is 0 Å². The lowest BCUT2D eigenvalue weighted by Gasteiger charge is -2.46. The van der Waals surface area contributed by atoms with E-state index in [0.717, 1.165) is 16.8 Å². The predicted molar refractivity (Wildman–Crippen MR) is 110 cm³/mol. The Morgan fingerprint density at radius 1 is 0.857 bits per heavy atom. The number of carbonyl (C=O) groups is 2. The van der Waals surface area contributed by atoms with Crippen LogP contribution in [-0.4, -0.2) is 11.8 Å². The van der Waals surface area contributed by atoms with E-state index in [1.165, 1.54) is 0 Å². The predicted octanol–water partition coefficient (Wildman–Crippen LogP) is 4.27. The monoisotopic (exact) mass is 370 g/mol. The van der Waals surface area contributed by atoms with Crippen LogP contribution in [0.15, 0.2) is 91.0 Å². The molecule has 0 aliphatic carbocycles. The van der Waals surface area contributed by atoms with Gasteiger partial charge in [0.15, 0.2) is 0 Å². The molecule has 0 radical (unpaired) electrons. The Bertz CT molecular complexity index is 958. The lowest BCUT2D eigenvalue weighted by molar-refractivity contribution is -0.141. The normalized spacial score (nSPS) is 19.6. The minimum Gasteiger partial charge on any atom is -0.349 e. The van der Waals surface area contributed by atoms with Crippen LogP contribution in [-0.2, 0) is 9.59 Å². The average molecular weight is 370 g/mol. The molecule has 1 aliphatic heterocycles. The zero-order chi connectivity index (χ0) is 19.5. The van der Waals surface area contributed by atoms with E-state index in [2.05, 4.69) is 5.32 Å². The van der Waals surface area contributed by atoms with Crippen LogP contribution in [0.3, 0.4) is 0 Å². The Hall–Kier alpha value is -3.40. The summed E-state index contributed by atoms with van der Waals surface area (Å²) in [4.78, 5) is 27.7. The second-order valence-corrected chi connectivity index (χ2v) is 7.02. The van der Waals surface area contributed by atoms with Crippen LogP contribution < -0.4 is 10.2 Å². The molecule has 0 spiro atoms. The summed E-state index contributed by atoms with van der Waals surface area (Å²) in [6.45, 7) is 1.93. The third kappa shape index (κ3) is 3.29. The summed E-state index contributed by atoms with van der Waals surface area (Å²) in [7, 11) is 0. The molecule has 1 saturated heterocycles. The number of nitrogens with zero attached hydrogens (tertiary/aromatic N) is 1. The molecule has 0 saturated carbocycles. The highest BCUT2D eigenvalue weighted by Crippen LogP contribution is 2.43. The van der Waals surface area contributed by atoms with E-state index >= 15 is 0 Å². The minimum absolute atomic E-state index is 0.163. The summed E-state index contributed by atoms with van der Waals surface area (Å²) in [5, 5.41) is 3.01. The van der Waals surface area contributed by atoms with Gasteiger partial charge in [-0.15, -0.1) is 0 Å². The van der Waals surface area contributed by atoms with E-state index in [-0.39, 0.29) is 23.9 Å². The van der Waals surface area contributed by atoms with Crippen molar-refractivity contribution in [2.45, 2.75) is 19.0 Å². The van der Waals surface area contributed by atoms with Gasteiger partial charge in [0.25, 0.3) is 0 Å². The van der Waals surface area contributed by atoms with Crippen LogP contribution in [0.25, 0.3) is 0 Å². The van der Waals surface area contributed by atoms with Crippen molar-refractivity contribution < 1.29 is 9.59 Å². The molecular formula is C24H22N2O2. The standard InChI is InChI=1S/C24H22N2O2/c1-17(18-11-5-2-6-12-18)25-23(27)21-22(19-13-7-3-8-14-19)26(24(21)28)20-15-9-4-10-16-20/h2-17,21-22H,1H3,(H,25,27)/t17-,21-,22+/m1/s1. The van der Waals surface area contributed by atoms with Crippen molar-refractivity contribution in [1.82, 2.24) is 5.32 Å². The second kappa shape index (κ2) is 7.69. The van der Waals surface area contributed by atoms with Gasteiger partial charge in [0.05, 0.1) is 12.1 Å². The van der Waals surface area contributed by atoms with E-state index in [0.29, 0.717) is 0 Å². The van der Waals surface area contributed by atoms with Gasteiger partial charge >= 0.3 is 0 Å². The highest BCUT2D eigenvalue weighted by atomic mass is 16.2. The number of nitrogens with one attached hydrogen (secondary N) is 1. The molecule has 1 N–H and O–H groups in total. The molecule has 140 valence electrons. The maximum absolute atomic E-state index is 13.0. The smallest absolute Gasteiger partial charge is 0.242 e. The van der Waals surface area contributed by atoms with Gasteiger partial charge in [-0.25, -0.2) is 0 Å². The number of hydrogen-bond donors (Lipinski definition) is 1. The minimum atomic E-state index is -0.728. The first kappa shape index (κ1) is 18.0. The van der Waals surface area contributed by atoms with E-state index in [9.17, 15) is 9.59 Å². The SMILES string of the molecule is C[C@@H](NC(=O)[C@@H]1C(=O)N(c2ccccc2)[C@H]1c1ccccc1)c1ccccc1. The number of amides is 2. The van der Waals surface area contributed by atoms with E-state index in [1.54, 1.807) is 4.90 Å². The summed E-state index contributed by atoms with van der Waals surface area (Å²) < 4.78 is 0. The van der Waals surface area contributed by atoms with Crippen LogP contribution in [0.5, 0.6) is 0 Å². The highest BCUT2D eigenvalue weighted by molar-refractivity contribution is 6.15. The van der Waals surface area contributed by atoms with Crippen molar-refractivity contribution in [3.05, 3.63) is 102 Å².